The number of carbonyl (C=O) groups excluding carboxylic acids is 1. The lowest BCUT2D eigenvalue weighted by Crippen LogP contribution is -2.18. The van der Waals surface area contributed by atoms with Crippen molar-refractivity contribution in [2.75, 3.05) is 12.0 Å². The van der Waals surface area contributed by atoms with Gasteiger partial charge in [0, 0.05) is 18.2 Å². The Kier molecular flexibility index (Phi) is 2.69. The van der Waals surface area contributed by atoms with Gasteiger partial charge in [-0.15, -0.1) is 0 Å². The maximum Gasteiger partial charge on any atom is 0.224 e. The maximum atomic E-state index is 11.1. The zero-order valence-corrected chi connectivity index (χ0v) is 8.96. The summed E-state index contributed by atoms with van der Waals surface area (Å²) in [6.07, 6.45) is 1.42. The van der Waals surface area contributed by atoms with E-state index in [-0.39, 0.29) is 5.91 Å². The Labute approximate surface area is 84.7 Å². The first kappa shape index (κ1) is 9.47. The Bertz CT molecular complexity index is 365. The second kappa shape index (κ2) is 3.97. The summed E-state index contributed by atoms with van der Waals surface area (Å²) in [6, 6.07) is 5.86. The summed E-state index contributed by atoms with van der Waals surface area (Å²) in [4.78, 5) is 11.1. The normalized spacial score (nSPS) is 15.4. The second-order valence-electron chi connectivity index (χ2n) is 3.17. The highest BCUT2D eigenvalue weighted by Gasteiger charge is 2.14. The Morgan fingerprint density at radius 3 is 3.07 bits per heavy atom. The molecule has 4 heteroatoms. The SMILES string of the molecule is CPOc1ccc2c(c1)NC(=O)CC2. The third-order valence-electron chi connectivity index (χ3n) is 2.20. The summed E-state index contributed by atoms with van der Waals surface area (Å²) >= 11 is 0. The predicted octanol–water partition coefficient (Wildman–Crippen LogP) is 2.17. The van der Waals surface area contributed by atoms with Gasteiger partial charge in [0.25, 0.3) is 0 Å². The quantitative estimate of drug-likeness (QED) is 0.758. The molecule has 1 aliphatic rings. The molecule has 0 radical (unpaired) electrons. The summed E-state index contributed by atoms with van der Waals surface area (Å²) in [5, 5.41) is 2.84. The zero-order chi connectivity index (χ0) is 9.97. The van der Waals surface area contributed by atoms with E-state index >= 15 is 0 Å². The summed E-state index contributed by atoms with van der Waals surface area (Å²) in [5.74, 6) is 0.917. The van der Waals surface area contributed by atoms with Gasteiger partial charge in [-0.05, 0) is 24.7 Å². The molecule has 1 heterocycles. The van der Waals surface area contributed by atoms with Crippen LogP contribution in [0.4, 0.5) is 5.69 Å². The van der Waals surface area contributed by atoms with E-state index in [1.165, 1.54) is 5.56 Å². The van der Waals surface area contributed by atoms with Crippen LogP contribution in [0, 0.1) is 0 Å². The van der Waals surface area contributed by atoms with E-state index in [0.29, 0.717) is 15.2 Å². The monoisotopic (exact) mass is 209 g/mol. The van der Waals surface area contributed by atoms with Gasteiger partial charge in [0.15, 0.2) is 0 Å². The van der Waals surface area contributed by atoms with E-state index in [4.69, 9.17) is 4.52 Å². The number of rotatable bonds is 2. The number of fused-ring (bicyclic) bond motifs is 1. The van der Waals surface area contributed by atoms with Crippen LogP contribution in [-0.4, -0.2) is 12.6 Å². The van der Waals surface area contributed by atoms with Gasteiger partial charge in [-0.3, -0.25) is 4.79 Å². The molecule has 74 valence electrons. The topological polar surface area (TPSA) is 38.3 Å². The number of hydrogen-bond donors (Lipinski definition) is 1. The molecule has 1 aliphatic heterocycles. The van der Waals surface area contributed by atoms with Crippen LogP contribution in [0.1, 0.15) is 12.0 Å². The summed E-state index contributed by atoms with van der Waals surface area (Å²) < 4.78 is 5.38. The van der Waals surface area contributed by atoms with Crippen molar-refractivity contribution in [2.45, 2.75) is 12.8 Å². The van der Waals surface area contributed by atoms with Gasteiger partial charge in [0.05, 0.1) is 8.81 Å². The van der Waals surface area contributed by atoms with Gasteiger partial charge in [-0.2, -0.15) is 0 Å². The van der Waals surface area contributed by atoms with Crippen molar-refractivity contribution in [1.29, 1.82) is 0 Å². The van der Waals surface area contributed by atoms with Crippen molar-refractivity contribution in [1.82, 2.24) is 0 Å². The summed E-state index contributed by atoms with van der Waals surface area (Å²) in [6.45, 7) is 1.97. The minimum atomic E-state index is 0.0913. The molecule has 0 spiro atoms. The van der Waals surface area contributed by atoms with Crippen molar-refractivity contribution >= 4 is 20.4 Å². The molecule has 0 aliphatic carbocycles. The number of benzene rings is 1. The number of nitrogens with one attached hydrogen (secondary N) is 1. The minimum Gasteiger partial charge on any atom is -0.477 e. The number of aryl methyl sites for hydroxylation is 1. The van der Waals surface area contributed by atoms with Gasteiger partial charge < -0.3 is 9.84 Å². The van der Waals surface area contributed by atoms with E-state index in [2.05, 4.69) is 5.32 Å². The molecular weight excluding hydrogens is 197 g/mol. The smallest absolute Gasteiger partial charge is 0.224 e. The molecule has 0 fully saturated rings. The maximum absolute atomic E-state index is 11.1. The lowest BCUT2D eigenvalue weighted by atomic mass is 10.0. The average Bonchev–Trinajstić information content (AvgIpc) is 2.17. The van der Waals surface area contributed by atoms with Crippen LogP contribution in [0.2, 0.25) is 0 Å². The van der Waals surface area contributed by atoms with Crippen LogP contribution in [0.5, 0.6) is 5.75 Å². The van der Waals surface area contributed by atoms with Crippen molar-refractivity contribution in [2.24, 2.45) is 0 Å². The van der Waals surface area contributed by atoms with E-state index < -0.39 is 0 Å². The van der Waals surface area contributed by atoms with Crippen LogP contribution < -0.4 is 9.84 Å². The van der Waals surface area contributed by atoms with Crippen molar-refractivity contribution in [3.05, 3.63) is 23.8 Å². The number of amides is 1. The van der Waals surface area contributed by atoms with E-state index in [1.54, 1.807) is 0 Å². The van der Waals surface area contributed by atoms with Crippen LogP contribution >= 0.6 is 8.81 Å². The molecule has 1 N–H and O–H groups in total. The molecule has 1 amide bonds. The molecule has 0 bridgehead atoms. The third kappa shape index (κ3) is 1.88. The Hall–Kier alpha value is -1.08. The highest BCUT2D eigenvalue weighted by Crippen LogP contribution is 2.28. The first-order valence-electron chi connectivity index (χ1n) is 4.56. The molecule has 0 aromatic heterocycles. The molecule has 1 aromatic rings. The summed E-state index contributed by atoms with van der Waals surface area (Å²) in [5.41, 5.74) is 2.09. The number of anilines is 1. The van der Waals surface area contributed by atoms with E-state index in [9.17, 15) is 4.79 Å². The fraction of sp³-hybridized carbons (Fsp3) is 0.300. The Morgan fingerprint density at radius 2 is 2.29 bits per heavy atom. The van der Waals surface area contributed by atoms with Crippen molar-refractivity contribution in [3.8, 4) is 5.75 Å². The average molecular weight is 209 g/mol. The van der Waals surface area contributed by atoms with Gasteiger partial charge in [-0.1, -0.05) is 6.07 Å². The lowest BCUT2D eigenvalue weighted by molar-refractivity contribution is -0.116. The van der Waals surface area contributed by atoms with Gasteiger partial charge in [0.2, 0.25) is 5.91 Å². The highest BCUT2D eigenvalue weighted by atomic mass is 31.1. The Balaban J connectivity index is 2.28. The fourth-order valence-corrected chi connectivity index (χ4v) is 1.89. The molecule has 1 atom stereocenters. The molecular formula is C10H12NO2P. The molecule has 2 rings (SSSR count). The van der Waals surface area contributed by atoms with Crippen LogP contribution in [0.25, 0.3) is 0 Å². The molecule has 1 aromatic carbocycles. The number of carbonyl (C=O) groups is 1. The first-order chi connectivity index (χ1) is 6.79. The third-order valence-corrected chi connectivity index (χ3v) is 2.64. The predicted molar refractivity (Wildman–Crippen MR) is 58.3 cm³/mol. The molecule has 14 heavy (non-hydrogen) atoms. The largest absolute Gasteiger partial charge is 0.477 e. The van der Waals surface area contributed by atoms with E-state index in [0.717, 1.165) is 17.9 Å². The van der Waals surface area contributed by atoms with Crippen LogP contribution in [0.3, 0.4) is 0 Å². The molecule has 1 unspecified atom stereocenters. The molecule has 0 saturated carbocycles. The Morgan fingerprint density at radius 1 is 1.43 bits per heavy atom. The summed E-state index contributed by atoms with van der Waals surface area (Å²) in [7, 11) is 0.430. The minimum absolute atomic E-state index is 0.0913. The van der Waals surface area contributed by atoms with Crippen molar-refractivity contribution < 1.29 is 9.32 Å². The second-order valence-corrected chi connectivity index (χ2v) is 3.79. The first-order valence-corrected chi connectivity index (χ1v) is 5.97. The van der Waals surface area contributed by atoms with Gasteiger partial charge >= 0.3 is 0 Å². The highest BCUT2D eigenvalue weighted by molar-refractivity contribution is 7.31. The van der Waals surface area contributed by atoms with Gasteiger partial charge in [-0.25, -0.2) is 0 Å². The lowest BCUT2D eigenvalue weighted by Gasteiger charge is -2.17. The van der Waals surface area contributed by atoms with Crippen molar-refractivity contribution in [3.63, 3.8) is 0 Å². The van der Waals surface area contributed by atoms with Crippen LogP contribution in [-0.2, 0) is 11.2 Å². The van der Waals surface area contributed by atoms with Crippen LogP contribution in [0.15, 0.2) is 18.2 Å². The van der Waals surface area contributed by atoms with E-state index in [1.807, 2.05) is 24.9 Å². The molecule has 0 saturated heterocycles. The zero-order valence-electron chi connectivity index (χ0n) is 7.96. The fourth-order valence-electron chi connectivity index (χ4n) is 1.53. The van der Waals surface area contributed by atoms with Gasteiger partial charge in [0.1, 0.15) is 5.75 Å². The number of hydrogen-bond acceptors (Lipinski definition) is 2. The standard InChI is InChI=1S/C10H12NO2P/c1-14-13-8-4-2-7-3-5-10(12)11-9(7)6-8/h2,4,6,14H,3,5H2,1H3,(H,11,12). The molecule has 3 nitrogen and oxygen atoms in total.